The Morgan fingerprint density at radius 3 is 2.56 bits per heavy atom. The summed E-state index contributed by atoms with van der Waals surface area (Å²) in [6.07, 6.45) is 3.33. The summed E-state index contributed by atoms with van der Waals surface area (Å²) in [5.41, 5.74) is 7.48. The minimum absolute atomic E-state index is 0.416. The molecule has 2 N–H and O–H groups in total. The van der Waals surface area contributed by atoms with Crippen LogP contribution in [0.15, 0.2) is 59.3 Å². The van der Waals surface area contributed by atoms with Crippen molar-refractivity contribution in [3.63, 3.8) is 0 Å². The number of anilines is 1. The summed E-state index contributed by atoms with van der Waals surface area (Å²) in [5, 5.41) is 0. The van der Waals surface area contributed by atoms with Crippen molar-refractivity contribution < 1.29 is 4.42 Å². The minimum atomic E-state index is 0.416. The van der Waals surface area contributed by atoms with Crippen LogP contribution in [0.4, 0.5) is 5.82 Å². The van der Waals surface area contributed by atoms with Crippen LogP contribution in [0.3, 0.4) is 0 Å². The van der Waals surface area contributed by atoms with Crippen LogP contribution in [-0.4, -0.2) is 9.97 Å². The highest BCUT2D eigenvalue weighted by Crippen LogP contribution is 2.27. The van der Waals surface area contributed by atoms with Gasteiger partial charge in [-0.25, -0.2) is 9.97 Å². The van der Waals surface area contributed by atoms with Crippen LogP contribution in [0, 0.1) is 0 Å². The summed E-state index contributed by atoms with van der Waals surface area (Å²) >= 11 is 0. The lowest BCUT2D eigenvalue weighted by Crippen LogP contribution is -1.92. The summed E-state index contributed by atoms with van der Waals surface area (Å²) in [6.45, 7) is 0. The van der Waals surface area contributed by atoms with Gasteiger partial charge in [0.05, 0.1) is 11.8 Å². The monoisotopic (exact) mass is 237 g/mol. The maximum absolute atomic E-state index is 5.79. The first kappa shape index (κ1) is 10.5. The fourth-order valence-electron chi connectivity index (χ4n) is 1.73. The van der Waals surface area contributed by atoms with E-state index in [1.54, 1.807) is 18.5 Å². The van der Waals surface area contributed by atoms with E-state index >= 15 is 0 Å². The number of hydrogen-bond acceptors (Lipinski definition) is 4. The number of rotatable bonds is 2. The molecule has 2 heterocycles. The molecule has 0 saturated heterocycles. The molecule has 0 unspecified atom stereocenters. The second-order valence-corrected chi connectivity index (χ2v) is 3.83. The molecule has 1 aromatic carbocycles. The quantitative estimate of drug-likeness (QED) is 0.744. The Balaban J connectivity index is 2.03. The highest BCUT2D eigenvalue weighted by atomic mass is 16.4. The molecule has 88 valence electrons. The lowest BCUT2D eigenvalue weighted by atomic mass is 10.2. The molecule has 0 saturated carbocycles. The van der Waals surface area contributed by atoms with E-state index in [1.165, 1.54) is 0 Å². The van der Waals surface area contributed by atoms with Crippen molar-refractivity contribution in [1.82, 2.24) is 9.97 Å². The van der Waals surface area contributed by atoms with Gasteiger partial charge in [0.15, 0.2) is 5.76 Å². The van der Waals surface area contributed by atoms with Crippen LogP contribution in [0.1, 0.15) is 0 Å². The van der Waals surface area contributed by atoms with Gasteiger partial charge in [-0.2, -0.15) is 0 Å². The SMILES string of the molecule is Nc1ncccc1-c1ncc(-c2ccccc2)o1. The van der Waals surface area contributed by atoms with Crippen molar-refractivity contribution >= 4 is 5.82 Å². The van der Waals surface area contributed by atoms with Gasteiger partial charge in [-0.1, -0.05) is 30.3 Å². The van der Waals surface area contributed by atoms with Gasteiger partial charge >= 0.3 is 0 Å². The minimum Gasteiger partial charge on any atom is -0.436 e. The Bertz CT molecular complexity index is 662. The second-order valence-electron chi connectivity index (χ2n) is 3.83. The van der Waals surface area contributed by atoms with E-state index in [4.69, 9.17) is 10.2 Å². The third-order valence-corrected chi connectivity index (χ3v) is 2.63. The van der Waals surface area contributed by atoms with Gasteiger partial charge < -0.3 is 10.2 Å². The van der Waals surface area contributed by atoms with Crippen molar-refractivity contribution in [3.05, 3.63) is 54.9 Å². The maximum atomic E-state index is 5.79. The summed E-state index contributed by atoms with van der Waals surface area (Å²) in [5.74, 6) is 1.62. The molecule has 0 atom stereocenters. The number of hydrogen-bond donors (Lipinski definition) is 1. The van der Waals surface area contributed by atoms with Crippen molar-refractivity contribution in [1.29, 1.82) is 0 Å². The van der Waals surface area contributed by atoms with E-state index < -0.39 is 0 Å². The predicted molar refractivity (Wildman–Crippen MR) is 69.6 cm³/mol. The largest absolute Gasteiger partial charge is 0.436 e. The molecular weight excluding hydrogens is 226 g/mol. The predicted octanol–water partition coefficient (Wildman–Crippen LogP) is 2.99. The molecule has 0 radical (unpaired) electrons. The summed E-state index contributed by atoms with van der Waals surface area (Å²) in [7, 11) is 0. The standard InChI is InChI=1S/C14H11N3O/c15-13-11(7-4-8-16-13)14-17-9-12(18-14)10-5-2-1-3-6-10/h1-9H,(H2,15,16). The normalized spacial score (nSPS) is 10.4. The van der Waals surface area contributed by atoms with E-state index in [-0.39, 0.29) is 0 Å². The number of nitrogens with zero attached hydrogens (tertiary/aromatic N) is 2. The number of pyridine rings is 1. The van der Waals surface area contributed by atoms with Gasteiger partial charge in [0.2, 0.25) is 5.89 Å². The molecule has 0 aliphatic carbocycles. The van der Waals surface area contributed by atoms with Crippen LogP contribution in [0.5, 0.6) is 0 Å². The molecule has 0 aliphatic rings. The van der Waals surface area contributed by atoms with Gasteiger partial charge in [0.1, 0.15) is 5.82 Å². The lowest BCUT2D eigenvalue weighted by Gasteiger charge is -1.99. The fraction of sp³-hybridized carbons (Fsp3) is 0. The smallest absolute Gasteiger partial charge is 0.230 e. The zero-order chi connectivity index (χ0) is 12.4. The fourth-order valence-corrected chi connectivity index (χ4v) is 1.73. The van der Waals surface area contributed by atoms with Crippen LogP contribution >= 0.6 is 0 Å². The zero-order valence-corrected chi connectivity index (χ0v) is 9.58. The third-order valence-electron chi connectivity index (χ3n) is 2.63. The molecular formula is C14H11N3O. The Morgan fingerprint density at radius 2 is 1.78 bits per heavy atom. The van der Waals surface area contributed by atoms with E-state index in [2.05, 4.69) is 9.97 Å². The first-order chi connectivity index (χ1) is 8.84. The average Bonchev–Trinajstić information content (AvgIpc) is 2.90. The molecule has 2 aromatic heterocycles. The van der Waals surface area contributed by atoms with Gasteiger partial charge in [-0.05, 0) is 12.1 Å². The zero-order valence-electron chi connectivity index (χ0n) is 9.58. The number of nitrogens with two attached hydrogens (primary N) is 1. The van der Waals surface area contributed by atoms with Crippen molar-refractivity contribution in [2.45, 2.75) is 0 Å². The molecule has 3 rings (SSSR count). The van der Waals surface area contributed by atoms with Crippen molar-refractivity contribution in [3.8, 4) is 22.8 Å². The molecule has 18 heavy (non-hydrogen) atoms. The molecule has 4 nitrogen and oxygen atoms in total. The first-order valence-corrected chi connectivity index (χ1v) is 5.57. The molecule has 0 amide bonds. The lowest BCUT2D eigenvalue weighted by molar-refractivity contribution is 0.589. The number of nitrogen functional groups attached to an aromatic ring is 1. The first-order valence-electron chi connectivity index (χ1n) is 5.57. The summed E-state index contributed by atoms with van der Waals surface area (Å²) in [6, 6.07) is 13.4. The second kappa shape index (κ2) is 4.33. The van der Waals surface area contributed by atoms with Gasteiger partial charge in [-0.3, -0.25) is 0 Å². The number of benzene rings is 1. The highest BCUT2D eigenvalue weighted by Gasteiger charge is 2.10. The molecule has 3 aromatic rings. The molecule has 0 bridgehead atoms. The third kappa shape index (κ3) is 1.84. The topological polar surface area (TPSA) is 64.9 Å². The number of oxazole rings is 1. The van der Waals surface area contributed by atoms with E-state index in [0.29, 0.717) is 23.0 Å². The van der Waals surface area contributed by atoms with Crippen LogP contribution < -0.4 is 5.73 Å². The molecule has 0 fully saturated rings. The molecule has 0 spiro atoms. The molecule has 0 aliphatic heterocycles. The highest BCUT2D eigenvalue weighted by molar-refractivity contribution is 5.68. The van der Waals surface area contributed by atoms with Crippen LogP contribution in [0.2, 0.25) is 0 Å². The Hall–Kier alpha value is -2.62. The summed E-state index contributed by atoms with van der Waals surface area (Å²) < 4.78 is 5.71. The molecule has 4 heteroatoms. The van der Waals surface area contributed by atoms with Gasteiger partial charge in [-0.15, -0.1) is 0 Å². The Kier molecular flexibility index (Phi) is 2.53. The van der Waals surface area contributed by atoms with Gasteiger partial charge in [0, 0.05) is 11.8 Å². The number of aromatic nitrogens is 2. The van der Waals surface area contributed by atoms with Crippen molar-refractivity contribution in [2.75, 3.05) is 5.73 Å². The average molecular weight is 237 g/mol. The van der Waals surface area contributed by atoms with Crippen LogP contribution in [-0.2, 0) is 0 Å². The van der Waals surface area contributed by atoms with Gasteiger partial charge in [0.25, 0.3) is 0 Å². The Morgan fingerprint density at radius 1 is 0.944 bits per heavy atom. The summed E-state index contributed by atoms with van der Waals surface area (Å²) in [4.78, 5) is 8.25. The van der Waals surface area contributed by atoms with E-state index in [1.807, 2.05) is 36.4 Å². The van der Waals surface area contributed by atoms with Crippen LogP contribution in [0.25, 0.3) is 22.8 Å². The maximum Gasteiger partial charge on any atom is 0.230 e. The van der Waals surface area contributed by atoms with E-state index in [9.17, 15) is 0 Å². The Labute approximate surface area is 104 Å². The van der Waals surface area contributed by atoms with E-state index in [0.717, 1.165) is 5.56 Å². The van der Waals surface area contributed by atoms with Crippen molar-refractivity contribution in [2.24, 2.45) is 0 Å².